The SMILES string of the molecule is CC(=O)CCc1ccc(Oc2cccc(C3CCC(C(=O)O)CC3)c2[N+](=O)[O-])cc1. The van der Waals surface area contributed by atoms with Gasteiger partial charge >= 0.3 is 11.7 Å². The smallest absolute Gasteiger partial charge is 0.314 e. The Bertz CT molecular complexity index is 929. The topological polar surface area (TPSA) is 107 Å². The zero-order chi connectivity index (χ0) is 21.7. The summed E-state index contributed by atoms with van der Waals surface area (Å²) in [5.74, 6) is -0.447. The van der Waals surface area contributed by atoms with E-state index < -0.39 is 10.9 Å². The molecule has 1 N–H and O–H groups in total. The van der Waals surface area contributed by atoms with Crippen LogP contribution in [-0.2, 0) is 16.0 Å². The van der Waals surface area contributed by atoms with Crippen LogP contribution < -0.4 is 4.74 Å². The number of para-hydroxylation sites is 1. The van der Waals surface area contributed by atoms with Gasteiger partial charge in [0.25, 0.3) is 0 Å². The van der Waals surface area contributed by atoms with Gasteiger partial charge in [0.1, 0.15) is 11.5 Å². The van der Waals surface area contributed by atoms with Crippen molar-refractivity contribution in [3.05, 3.63) is 63.7 Å². The van der Waals surface area contributed by atoms with E-state index in [1.165, 1.54) is 0 Å². The number of aryl methyl sites for hydroxylation is 1. The number of rotatable bonds is 8. The number of ketones is 1. The number of carboxylic acids is 1. The molecule has 0 bridgehead atoms. The molecule has 158 valence electrons. The lowest BCUT2D eigenvalue weighted by Crippen LogP contribution is -2.21. The summed E-state index contributed by atoms with van der Waals surface area (Å²) in [6, 6.07) is 12.2. The van der Waals surface area contributed by atoms with E-state index in [1.54, 1.807) is 37.3 Å². The third-order valence-corrected chi connectivity index (χ3v) is 5.65. The predicted octanol–water partition coefficient (Wildman–Crippen LogP) is 5.27. The van der Waals surface area contributed by atoms with Gasteiger partial charge in [-0.3, -0.25) is 14.9 Å². The molecule has 0 saturated heterocycles. The van der Waals surface area contributed by atoms with E-state index >= 15 is 0 Å². The second-order valence-corrected chi connectivity index (χ2v) is 7.79. The molecule has 0 heterocycles. The fourth-order valence-electron chi connectivity index (χ4n) is 3.97. The molecule has 1 saturated carbocycles. The van der Waals surface area contributed by atoms with Crippen LogP contribution in [0, 0.1) is 16.0 Å². The minimum Gasteiger partial charge on any atom is -0.481 e. The summed E-state index contributed by atoms with van der Waals surface area (Å²) in [6.45, 7) is 1.55. The number of nitro groups is 1. The molecular weight excluding hydrogens is 386 g/mol. The third-order valence-electron chi connectivity index (χ3n) is 5.65. The van der Waals surface area contributed by atoms with E-state index in [9.17, 15) is 24.8 Å². The van der Waals surface area contributed by atoms with Crippen molar-refractivity contribution in [3.8, 4) is 11.5 Å². The molecule has 3 rings (SSSR count). The van der Waals surface area contributed by atoms with Crippen molar-refractivity contribution in [2.75, 3.05) is 0 Å². The van der Waals surface area contributed by atoms with Crippen LogP contribution in [-0.4, -0.2) is 21.8 Å². The van der Waals surface area contributed by atoms with E-state index in [1.807, 2.05) is 12.1 Å². The van der Waals surface area contributed by atoms with Crippen molar-refractivity contribution >= 4 is 17.4 Å². The standard InChI is InChI=1S/C23H25NO6/c1-15(25)5-6-16-7-13-19(14-8-16)30-21-4-2-3-20(22(21)24(28)29)17-9-11-18(12-10-17)23(26)27/h2-4,7-8,13-14,17-18H,5-6,9-12H2,1H3,(H,26,27). The monoisotopic (exact) mass is 411 g/mol. The summed E-state index contributed by atoms with van der Waals surface area (Å²) in [7, 11) is 0. The Morgan fingerprint density at radius 3 is 2.33 bits per heavy atom. The highest BCUT2D eigenvalue weighted by molar-refractivity contribution is 5.75. The molecule has 0 atom stereocenters. The van der Waals surface area contributed by atoms with Crippen LogP contribution in [0.15, 0.2) is 42.5 Å². The van der Waals surface area contributed by atoms with E-state index in [0.29, 0.717) is 49.8 Å². The number of carbonyl (C=O) groups excluding carboxylic acids is 1. The maximum absolute atomic E-state index is 11.9. The predicted molar refractivity (Wildman–Crippen MR) is 111 cm³/mol. The van der Waals surface area contributed by atoms with Gasteiger partial charge in [-0.2, -0.15) is 0 Å². The molecule has 0 amide bonds. The fraction of sp³-hybridized carbons (Fsp3) is 0.391. The molecule has 2 aromatic carbocycles. The molecule has 0 spiro atoms. The van der Waals surface area contributed by atoms with Crippen molar-refractivity contribution in [1.82, 2.24) is 0 Å². The first-order chi connectivity index (χ1) is 14.3. The maximum Gasteiger partial charge on any atom is 0.314 e. The minimum absolute atomic E-state index is 0.0569. The number of hydrogen-bond acceptors (Lipinski definition) is 5. The maximum atomic E-state index is 11.9. The van der Waals surface area contributed by atoms with Gasteiger partial charge in [0.05, 0.1) is 10.8 Å². The second kappa shape index (κ2) is 9.52. The van der Waals surface area contributed by atoms with Gasteiger partial charge in [0.2, 0.25) is 5.75 Å². The van der Waals surface area contributed by atoms with Crippen LogP contribution in [0.2, 0.25) is 0 Å². The first kappa shape index (κ1) is 21.5. The Morgan fingerprint density at radius 1 is 1.10 bits per heavy atom. The van der Waals surface area contributed by atoms with Gasteiger partial charge in [-0.15, -0.1) is 0 Å². The van der Waals surface area contributed by atoms with Gasteiger partial charge in [-0.1, -0.05) is 24.3 Å². The first-order valence-corrected chi connectivity index (χ1v) is 10.1. The molecule has 0 aliphatic heterocycles. The van der Waals surface area contributed by atoms with Crippen LogP contribution in [0.5, 0.6) is 11.5 Å². The number of benzene rings is 2. The quantitative estimate of drug-likeness (QED) is 0.468. The van der Waals surface area contributed by atoms with Gasteiger partial charge in [-0.05, 0) is 68.7 Å². The van der Waals surface area contributed by atoms with E-state index in [0.717, 1.165) is 5.56 Å². The van der Waals surface area contributed by atoms with Crippen molar-refractivity contribution in [1.29, 1.82) is 0 Å². The van der Waals surface area contributed by atoms with Crippen molar-refractivity contribution < 1.29 is 24.4 Å². The summed E-state index contributed by atoms with van der Waals surface area (Å²) in [6.07, 6.45) is 3.36. The average molecular weight is 411 g/mol. The number of nitro benzene ring substituents is 1. The third kappa shape index (κ3) is 5.23. The number of aliphatic carboxylic acids is 1. The number of carboxylic acid groups (broad SMARTS) is 1. The van der Waals surface area contributed by atoms with Crippen molar-refractivity contribution in [2.45, 2.75) is 51.4 Å². The van der Waals surface area contributed by atoms with Gasteiger partial charge < -0.3 is 14.6 Å². The fourth-order valence-corrected chi connectivity index (χ4v) is 3.97. The van der Waals surface area contributed by atoms with Crippen LogP contribution in [0.25, 0.3) is 0 Å². The molecule has 30 heavy (non-hydrogen) atoms. The van der Waals surface area contributed by atoms with Crippen molar-refractivity contribution in [2.24, 2.45) is 5.92 Å². The number of Topliss-reactive ketones (excluding diaryl/α,β-unsaturated/α-hetero) is 1. The molecule has 2 aromatic rings. The van der Waals surface area contributed by atoms with Crippen LogP contribution in [0.4, 0.5) is 5.69 Å². The van der Waals surface area contributed by atoms with Gasteiger partial charge in [0.15, 0.2) is 0 Å². The second-order valence-electron chi connectivity index (χ2n) is 7.79. The summed E-state index contributed by atoms with van der Waals surface area (Å²) in [5, 5.41) is 21.0. The minimum atomic E-state index is -0.799. The van der Waals surface area contributed by atoms with Crippen molar-refractivity contribution in [3.63, 3.8) is 0 Å². The Morgan fingerprint density at radius 2 is 1.77 bits per heavy atom. The van der Waals surface area contributed by atoms with E-state index in [4.69, 9.17) is 4.74 Å². The zero-order valence-electron chi connectivity index (χ0n) is 16.9. The number of hydrogen-bond donors (Lipinski definition) is 1. The molecule has 7 heteroatoms. The Labute approximate surface area is 174 Å². The molecule has 1 fully saturated rings. The van der Waals surface area contributed by atoms with Gasteiger partial charge in [0, 0.05) is 12.0 Å². The van der Waals surface area contributed by atoms with Crippen LogP contribution in [0.3, 0.4) is 0 Å². The lowest BCUT2D eigenvalue weighted by Gasteiger charge is -2.26. The molecular formula is C23H25NO6. The molecule has 7 nitrogen and oxygen atoms in total. The molecule has 1 aliphatic carbocycles. The summed E-state index contributed by atoms with van der Waals surface area (Å²) in [4.78, 5) is 33.7. The summed E-state index contributed by atoms with van der Waals surface area (Å²) >= 11 is 0. The number of carbonyl (C=O) groups is 2. The average Bonchev–Trinajstić information content (AvgIpc) is 2.73. The molecule has 1 aliphatic rings. The van der Waals surface area contributed by atoms with Gasteiger partial charge in [-0.25, -0.2) is 0 Å². The highest BCUT2D eigenvalue weighted by atomic mass is 16.6. The lowest BCUT2D eigenvalue weighted by molar-refractivity contribution is -0.386. The Hall–Kier alpha value is -3.22. The van der Waals surface area contributed by atoms with Crippen LogP contribution in [0.1, 0.15) is 56.1 Å². The normalized spacial score (nSPS) is 18.6. The van der Waals surface area contributed by atoms with E-state index in [2.05, 4.69) is 0 Å². The Balaban J connectivity index is 1.79. The Kier molecular flexibility index (Phi) is 6.82. The largest absolute Gasteiger partial charge is 0.481 e. The highest BCUT2D eigenvalue weighted by Gasteiger charge is 2.32. The summed E-state index contributed by atoms with van der Waals surface area (Å²) < 4.78 is 5.84. The molecule has 0 radical (unpaired) electrons. The number of nitrogens with zero attached hydrogens (tertiary/aromatic N) is 1. The number of ether oxygens (including phenoxy) is 1. The summed E-state index contributed by atoms with van der Waals surface area (Å²) in [5.41, 5.74) is 1.53. The first-order valence-electron chi connectivity index (χ1n) is 10.1. The van der Waals surface area contributed by atoms with Crippen LogP contribution >= 0.6 is 0 Å². The molecule has 0 unspecified atom stereocenters. The van der Waals surface area contributed by atoms with E-state index in [-0.39, 0.29) is 29.1 Å². The highest BCUT2D eigenvalue weighted by Crippen LogP contribution is 2.43. The zero-order valence-corrected chi connectivity index (χ0v) is 16.9. The lowest BCUT2D eigenvalue weighted by atomic mass is 9.78. The molecule has 0 aromatic heterocycles.